The molecule has 0 aromatic carbocycles. The van der Waals surface area contributed by atoms with E-state index in [4.69, 9.17) is 9.47 Å². The normalized spacial score (nSPS) is 13.3. The monoisotopic (exact) mass is 287 g/mol. The number of likely N-dealkylation sites (N-methyl/N-ethyl adjacent to an activating group) is 1. The molecule has 0 fully saturated rings. The molecule has 0 saturated heterocycles. The van der Waals surface area contributed by atoms with Crippen LogP contribution in [0.15, 0.2) is 0 Å². The van der Waals surface area contributed by atoms with Gasteiger partial charge in [-0.15, -0.1) is 0 Å². The first kappa shape index (κ1) is 18.4. The van der Waals surface area contributed by atoms with Crippen LogP contribution in [0.5, 0.6) is 0 Å². The summed E-state index contributed by atoms with van der Waals surface area (Å²) in [5, 5.41) is 0. The molecule has 0 heterocycles. The third-order valence-electron chi connectivity index (χ3n) is 2.13. The number of carbonyl (C=O) groups excluding carboxylic acids is 3. The number of hydrogen-bond donors (Lipinski definition) is 0. The third kappa shape index (κ3) is 7.76. The Labute approximate surface area is 120 Å². The number of esters is 1. The molecule has 0 saturated carbocycles. The second-order valence-electron chi connectivity index (χ2n) is 6.59. The molecule has 0 aliphatic heterocycles. The molecule has 1 unspecified atom stereocenters. The van der Waals surface area contributed by atoms with Crippen LogP contribution in [-0.4, -0.2) is 47.5 Å². The van der Waals surface area contributed by atoms with Gasteiger partial charge in [0.25, 0.3) is 0 Å². The molecule has 20 heavy (non-hydrogen) atoms. The standard InChI is InChI=1S/C14H25NO5/c1-13(2,3)19-11(17)8-10(9-16)15(7)12(18)20-14(4,5)6/h9-10H,8H2,1-7H3. The van der Waals surface area contributed by atoms with Crippen LogP contribution in [-0.2, 0) is 19.1 Å². The van der Waals surface area contributed by atoms with Crippen LogP contribution in [0.25, 0.3) is 0 Å². The van der Waals surface area contributed by atoms with Crippen molar-refractivity contribution in [2.75, 3.05) is 7.05 Å². The lowest BCUT2D eigenvalue weighted by Crippen LogP contribution is -2.43. The molecule has 0 N–H and O–H groups in total. The van der Waals surface area contributed by atoms with Crippen molar-refractivity contribution in [2.24, 2.45) is 0 Å². The molecule has 0 radical (unpaired) electrons. The maximum Gasteiger partial charge on any atom is 0.410 e. The number of aldehydes is 1. The van der Waals surface area contributed by atoms with E-state index in [-0.39, 0.29) is 6.42 Å². The van der Waals surface area contributed by atoms with E-state index >= 15 is 0 Å². The number of ether oxygens (including phenoxy) is 2. The van der Waals surface area contributed by atoms with Gasteiger partial charge in [-0.05, 0) is 41.5 Å². The highest BCUT2D eigenvalue weighted by atomic mass is 16.6. The first-order valence-electron chi connectivity index (χ1n) is 6.48. The zero-order valence-corrected chi connectivity index (χ0v) is 13.4. The van der Waals surface area contributed by atoms with Crippen molar-refractivity contribution < 1.29 is 23.9 Å². The van der Waals surface area contributed by atoms with E-state index in [1.807, 2.05) is 0 Å². The van der Waals surface area contributed by atoms with Gasteiger partial charge in [0.2, 0.25) is 0 Å². The Balaban J connectivity index is 4.64. The molecule has 1 atom stereocenters. The van der Waals surface area contributed by atoms with Crippen LogP contribution in [0, 0.1) is 0 Å². The molecule has 6 heteroatoms. The average molecular weight is 287 g/mol. The quantitative estimate of drug-likeness (QED) is 0.585. The molecule has 116 valence electrons. The van der Waals surface area contributed by atoms with Crippen molar-refractivity contribution in [3.8, 4) is 0 Å². The van der Waals surface area contributed by atoms with Crippen molar-refractivity contribution in [3.63, 3.8) is 0 Å². The minimum absolute atomic E-state index is 0.198. The van der Waals surface area contributed by atoms with Crippen molar-refractivity contribution in [2.45, 2.75) is 65.2 Å². The number of amides is 1. The molecule has 0 bridgehead atoms. The minimum atomic E-state index is -0.903. The average Bonchev–Trinajstić information content (AvgIpc) is 2.19. The van der Waals surface area contributed by atoms with E-state index < -0.39 is 29.3 Å². The van der Waals surface area contributed by atoms with E-state index in [1.54, 1.807) is 41.5 Å². The smallest absolute Gasteiger partial charge is 0.410 e. The topological polar surface area (TPSA) is 72.9 Å². The summed E-state index contributed by atoms with van der Waals surface area (Å²) in [6.07, 6.45) is -0.317. The molecule has 0 aromatic heterocycles. The largest absolute Gasteiger partial charge is 0.460 e. The molecule has 1 amide bonds. The summed E-state index contributed by atoms with van der Waals surface area (Å²) in [5.74, 6) is -0.537. The number of hydrogen-bond acceptors (Lipinski definition) is 5. The highest BCUT2D eigenvalue weighted by molar-refractivity contribution is 5.79. The van der Waals surface area contributed by atoms with Crippen molar-refractivity contribution in [3.05, 3.63) is 0 Å². The van der Waals surface area contributed by atoms with Crippen molar-refractivity contribution in [1.82, 2.24) is 4.90 Å². The summed E-state index contributed by atoms with van der Waals surface area (Å²) in [7, 11) is 1.41. The van der Waals surface area contributed by atoms with Gasteiger partial charge >= 0.3 is 12.1 Å². The SMILES string of the molecule is CN(C(=O)OC(C)(C)C)C(C=O)CC(=O)OC(C)(C)C. The minimum Gasteiger partial charge on any atom is -0.460 e. The van der Waals surface area contributed by atoms with Gasteiger partial charge in [0, 0.05) is 7.05 Å². The molecule has 6 nitrogen and oxygen atoms in total. The van der Waals surface area contributed by atoms with Crippen molar-refractivity contribution in [1.29, 1.82) is 0 Å². The summed E-state index contributed by atoms with van der Waals surface area (Å²) in [4.78, 5) is 35.7. The number of nitrogens with zero attached hydrogens (tertiary/aromatic N) is 1. The lowest BCUT2D eigenvalue weighted by atomic mass is 10.1. The summed E-state index contributed by atoms with van der Waals surface area (Å²) >= 11 is 0. The fraction of sp³-hybridized carbons (Fsp3) is 0.786. The van der Waals surface area contributed by atoms with Crippen LogP contribution >= 0.6 is 0 Å². The maximum absolute atomic E-state index is 11.8. The molecular formula is C14H25NO5. The van der Waals surface area contributed by atoms with Gasteiger partial charge in [-0.25, -0.2) is 4.79 Å². The molecule has 0 aliphatic carbocycles. The van der Waals surface area contributed by atoms with Gasteiger partial charge < -0.3 is 19.2 Å². The van der Waals surface area contributed by atoms with Gasteiger partial charge in [-0.2, -0.15) is 0 Å². The Morgan fingerprint density at radius 2 is 1.50 bits per heavy atom. The predicted molar refractivity (Wildman–Crippen MR) is 74.3 cm³/mol. The van der Waals surface area contributed by atoms with Gasteiger partial charge in [0.05, 0.1) is 6.42 Å². The van der Waals surface area contributed by atoms with Crippen LogP contribution in [0.2, 0.25) is 0 Å². The molecule has 0 rings (SSSR count). The zero-order chi connectivity index (χ0) is 16.1. The molecule has 0 aromatic rings. The Kier molecular flexibility index (Phi) is 6.19. The van der Waals surface area contributed by atoms with E-state index in [0.717, 1.165) is 4.90 Å². The van der Waals surface area contributed by atoms with E-state index in [0.29, 0.717) is 6.29 Å². The zero-order valence-electron chi connectivity index (χ0n) is 13.4. The lowest BCUT2D eigenvalue weighted by molar-refractivity contribution is -0.156. The lowest BCUT2D eigenvalue weighted by Gasteiger charge is -2.28. The van der Waals surface area contributed by atoms with Gasteiger partial charge in [0.15, 0.2) is 0 Å². The summed E-state index contributed by atoms with van der Waals surface area (Å²) in [6.45, 7) is 10.4. The Hall–Kier alpha value is -1.59. The summed E-state index contributed by atoms with van der Waals surface area (Å²) in [6, 6.07) is -0.903. The first-order chi connectivity index (χ1) is 8.85. The van der Waals surface area contributed by atoms with Crippen LogP contribution in [0.3, 0.4) is 0 Å². The van der Waals surface area contributed by atoms with Crippen LogP contribution in [0.1, 0.15) is 48.0 Å². The van der Waals surface area contributed by atoms with Gasteiger partial charge in [-0.1, -0.05) is 0 Å². The second kappa shape index (κ2) is 6.72. The Morgan fingerprint density at radius 1 is 1.05 bits per heavy atom. The highest BCUT2D eigenvalue weighted by Gasteiger charge is 2.28. The molecule has 0 aliphatic rings. The Bertz CT molecular complexity index is 365. The third-order valence-corrected chi connectivity index (χ3v) is 2.13. The summed E-state index contributed by atoms with van der Waals surface area (Å²) in [5.41, 5.74) is -1.29. The van der Waals surface area contributed by atoms with Gasteiger partial charge in [-0.3, -0.25) is 4.79 Å². The number of carbonyl (C=O) groups is 3. The first-order valence-corrected chi connectivity index (χ1v) is 6.48. The fourth-order valence-corrected chi connectivity index (χ4v) is 1.30. The van der Waals surface area contributed by atoms with E-state index in [1.165, 1.54) is 7.05 Å². The van der Waals surface area contributed by atoms with E-state index in [2.05, 4.69) is 0 Å². The predicted octanol–water partition coefficient (Wildman–Crippen LogP) is 2.15. The second-order valence-corrected chi connectivity index (χ2v) is 6.59. The van der Waals surface area contributed by atoms with Crippen LogP contribution in [0.4, 0.5) is 4.79 Å². The number of rotatable bonds is 4. The van der Waals surface area contributed by atoms with E-state index in [9.17, 15) is 14.4 Å². The van der Waals surface area contributed by atoms with Gasteiger partial charge in [0.1, 0.15) is 23.5 Å². The fourth-order valence-electron chi connectivity index (χ4n) is 1.30. The van der Waals surface area contributed by atoms with Crippen molar-refractivity contribution >= 4 is 18.3 Å². The Morgan fingerprint density at radius 3 is 1.85 bits per heavy atom. The maximum atomic E-state index is 11.8. The summed E-state index contributed by atoms with van der Waals surface area (Å²) < 4.78 is 10.3. The van der Waals surface area contributed by atoms with Crippen LogP contribution < -0.4 is 0 Å². The molecule has 0 spiro atoms. The molecular weight excluding hydrogens is 262 g/mol. The highest BCUT2D eigenvalue weighted by Crippen LogP contribution is 2.13.